The number of hydrogen-bond acceptors (Lipinski definition) is 5. The van der Waals surface area contributed by atoms with Gasteiger partial charge in [0.25, 0.3) is 11.8 Å². The van der Waals surface area contributed by atoms with Crippen molar-refractivity contribution in [2.45, 2.75) is 0 Å². The molecule has 0 bridgehead atoms. The zero-order valence-corrected chi connectivity index (χ0v) is 8.62. The lowest BCUT2D eigenvalue weighted by Gasteiger charge is -2.24. The van der Waals surface area contributed by atoms with E-state index in [2.05, 4.69) is 4.98 Å². The minimum Gasteiger partial charge on any atom is -0.477 e. The first-order valence-electron chi connectivity index (χ1n) is 4.72. The SMILES string of the molecule is O=C(O)c1cc(N2C(=O)COCC2=O)ccn1. The van der Waals surface area contributed by atoms with E-state index in [1.54, 1.807) is 0 Å². The largest absolute Gasteiger partial charge is 0.477 e. The van der Waals surface area contributed by atoms with Crippen molar-refractivity contribution in [3.8, 4) is 0 Å². The Morgan fingerprint density at radius 3 is 2.59 bits per heavy atom. The van der Waals surface area contributed by atoms with Crippen LogP contribution in [0, 0.1) is 0 Å². The molecular weight excluding hydrogens is 228 g/mol. The Bertz CT molecular complexity index is 483. The zero-order chi connectivity index (χ0) is 12.4. The second kappa shape index (κ2) is 4.30. The number of hydrogen-bond donors (Lipinski definition) is 1. The van der Waals surface area contributed by atoms with Crippen molar-refractivity contribution in [2.75, 3.05) is 18.1 Å². The molecule has 0 saturated carbocycles. The monoisotopic (exact) mass is 236 g/mol. The van der Waals surface area contributed by atoms with E-state index in [0.29, 0.717) is 0 Å². The second-order valence-corrected chi connectivity index (χ2v) is 3.32. The number of carboxylic acid groups (broad SMARTS) is 1. The Kier molecular flexibility index (Phi) is 2.84. The summed E-state index contributed by atoms with van der Waals surface area (Å²) in [6.07, 6.45) is 1.23. The maximum atomic E-state index is 11.5. The molecule has 0 aromatic carbocycles. The minimum atomic E-state index is -1.22. The number of ether oxygens (including phenoxy) is 1. The Morgan fingerprint density at radius 2 is 2.00 bits per heavy atom. The summed E-state index contributed by atoms with van der Waals surface area (Å²) in [5, 5.41) is 8.76. The fourth-order valence-corrected chi connectivity index (χ4v) is 1.46. The zero-order valence-electron chi connectivity index (χ0n) is 8.62. The summed E-state index contributed by atoms with van der Waals surface area (Å²) in [4.78, 5) is 38.2. The van der Waals surface area contributed by atoms with Crippen LogP contribution in [0.1, 0.15) is 10.5 Å². The number of carboxylic acids is 1. The smallest absolute Gasteiger partial charge is 0.354 e. The minimum absolute atomic E-state index is 0.190. The second-order valence-electron chi connectivity index (χ2n) is 3.32. The highest BCUT2D eigenvalue weighted by Gasteiger charge is 2.28. The highest BCUT2D eigenvalue weighted by atomic mass is 16.5. The summed E-state index contributed by atoms with van der Waals surface area (Å²) >= 11 is 0. The van der Waals surface area contributed by atoms with Crippen LogP contribution in [-0.4, -0.2) is 41.1 Å². The van der Waals surface area contributed by atoms with Crippen LogP contribution in [0.4, 0.5) is 5.69 Å². The number of nitrogens with zero attached hydrogens (tertiary/aromatic N) is 2. The molecule has 1 aromatic rings. The number of aromatic carboxylic acids is 1. The van der Waals surface area contributed by atoms with E-state index in [-0.39, 0.29) is 24.6 Å². The third-order valence-corrected chi connectivity index (χ3v) is 2.17. The molecule has 2 amide bonds. The van der Waals surface area contributed by atoms with E-state index in [0.717, 1.165) is 4.90 Å². The maximum absolute atomic E-state index is 11.5. The van der Waals surface area contributed by atoms with Crippen molar-refractivity contribution in [3.63, 3.8) is 0 Å². The lowest BCUT2D eigenvalue weighted by Crippen LogP contribution is -2.46. The van der Waals surface area contributed by atoms with Crippen molar-refractivity contribution < 1.29 is 24.2 Å². The number of aromatic nitrogens is 1. The molecule has 2 heterocycles. The Morgan fingerprint density at radius 1 is 1.35 bits per heavy atom. The number of amides is 2. The van der Waals surface area contributed by atoms with Crippen LogP contribution in [0.5, 0.6) is 0 Å². The third-order valence-electron chi connectivity index (χ3n) is 2.17. The van der Waals surface area contributed by atoms with Gasteiger partial charge in [0.1, 0.15) is 18.9 Å². The van der Waals surface area contributed by atoms with E-state index in [1.807, 2.05) is 0 Å². The first kappa shape index (κ1) is 11.2. The highest BCUT2D eigenvalue weighted by molar-refractivity contribution is 6.17. The van der Waals surface area contributed by atoms with Crippen LogP contribution in [0.2, 0.25) is 0 Å². The van der Waals surface area contributed by atoms with Crippen LogP contribution in [-0.2, 0) is 14.3 Å². The van der Waals surface area contributed by atoms with Gasteiger partial charge in [0, 0.05) is 6.20 Å². The fourth-order valence-electron chi connectivity index (χ4n) is 1.46. The average molecular weight is 236 g/mol. The lowest BCUT2D eigenvalue weighted by atomic mass is 10.2. The van der Waals surface area contributed by atoms with Gasteiger partial charge in [0.2, 0.25) is 0 Å². The van der Waals surface area contributed by atoms with Crippen molar-refractivity contribution in [3.05, 3.63) is 24.0 Å². The Balaban J connectivity index is 2.38. The van der Waals surface area contributed by atoms with Gasteiger partial charge in [-0.1, -0.05) is 0 Å². The van der Waals surface area contributed by atoms with Crippen molar-refractivity contribution >= 4 is 23.5 Å². The van der Waals surface area contributed by atoms with Crippen LogP contribution in [0.3, 0.4) is 0 Å². The molecule has 1 aliphatic rings. The van der Waals surface area contributed by atoms with E-state index >= 15 is 0 Å². The van der Waals surface area contributed by atoms with E-state index < -0.39 is 17.8 Å². The molecule has 0 radical (unpaired) electrons. The molecule has 88 valence electrons. The van der Waals surface area contributed by atoms with Gasteiger partial charge in [-0.15, -0.1) is 0 Å². The predicted molar refractivity (Wildman–Crippen MR) is 54.5 cm³/mol. The van der Waals surface area contributed by atoms with Crippen molar-refractivity contribution in [2.24, 2.45) is 0 Å². The van der Waals surface area contributed by atoms with E-state index in [9.17, 15) is 14.4 Å². The molecule has 1 aromatic heterocycles. The molecule has 0 aliphatic carbocycles. The normalized spacial score (nSPS) is 16.1. The van der Waals surface area contributed by atoms with Gasteiger partial charge in [0.15, 0.2) is 0 Å². The van der Waals surface area contributed by atoms with Crippen LogP contribution in [0.25, 0.3) is 0 Å². The van der Waals surface area contributed by atoms with Gasteiger partial charge < -0.3 is 9.84 Å². The quantitative estimate of drug-likeness (QED) is 0.706. The molecule has 0 atom stereocenters. The summed E-state index contributed by atoms with van der Waals surface area (Å²) < 4.78 is 4.75. The number of imide groups is 1. The van der Waals surface area contributed by atoms with Gasteiger partial charge in [-0.25, -0.2) is 14.7 Å². The summed E-state index contributed by atoms with van der Waals surface area (Å²) in [6.45, 7) is -0.396. The molecule has 1 fully saturated rings. The van der Waals surface area contributed by atoms with Crippen LogP contribution in [0.15, 0.2) is 18.3 Å². The van der Waals surface area contributed by atoms with Crippen LogP contribution >= 0.6 is 0 Å². The number of rotatable bonds is 2. The van der Waals surface area contributed by atoms with Crippen molar-refractivity contribution in [1.29, 1.82) is 0 Å². The highest BCUT2D eigenvalue weighted by Crippen LogP contribution is 2.17. The summed E-state index contributed by atoms with van der Waals surface area (Å²) in [5.74, 6) is -2.27. The number of carbonyl (C=O) groups excluding carboxylic acids is 2. The number of carbonyl (C=O) groups is 3. The first-order chi connectivity index (χ1) is 8.09. The molecule has 1 saturated heterocycles. The number of pyridine rings is 1. The topological polar surface area (TPSA) is 96.8 Å². The van der Waals surface area contributed by atoms with Gasteiger partial charge in [-0.05, 0) is 12.1 Å². The first-order valence-corrected chi connectivity index (χ1v) is 4.72. The molecule has 1 aliphatic heterocycles. The summed E-state index contributed by atoms with van der Waals surface area (Å²) in [5.41, 5.74) is -0.0368. The molecule has 7 heteroatoms. The standard InChI is InChI=1S/C10H8N2O5/c13-8-4-17-5-9(14)12(8)6-1-2-11-7(3-6)10(15)16/h1-3H,4-5H2,(H,15,16). The maximum Gasteiger partial charge on any atom is 0.354 e. The third kappa shape index (κ3) is 2.13. The van der Waals surface area contributed by atoms with Gasteiger partial charge in [-0.2, -0.15) is 0 Å². The molecule has 2 rings (SSSR count). The molecule has 0 unspecified atom stereocenters. The van der Waals surface area contributed by atoms with Crippen LogP contribution < -0.4 is 4.90 Å². The van der Waals surface area contributed by atoms with E-state index in [1.165, 1.54) is 18.3 Å². The van der Waals surface area contributed by atoms with E-state index in [4.69, 9.17) is 9.84 Å². The van der Waals surface area contributed by atoms with Gasteiger partial charge in [-0.3, -0.25) is 9.59 Å². The van der Waals surface area contributed by atoms with Crippen molar-refractivity contribution in [1.82, 2.24) is 4.98 Å². The Hall–Kier alpha value is -2.28. The predicted octanol–water partition coefficient (Wildman–Crippen LogP) is -0.330. The average Bonchev–Trinajstić information content (AvgIpc) is 2.29. The Labute approximate surface area is 95.6 Å². The summed E-state index contributed by atoms with van der Waals surface area (Å²) in [6, 6.07) is 2.57. The van der Waals surface area contributed by atoms with Gasteiger partial charge in [0.05, 0.1) is 5.69 Å². The summed E-state index contributed by atoms with van der Waals surface area (Å²) in [7, 11) is 0. The number of anilines is 1. The van der Waals surface area contributed by atoms with Gasteiger partial charge >= 0.3 is 5.97 Å². The molecule has 0 spiro atoms. The molecular formula is C10H8N2O5. The molecule has 17 heavy (non-hydrogen) atoms. The lowest BCUT2D eigenvalue weighted by molar-refractivity contribution is -0.138. The molecule has 7 nitrogen and oxygen atoms in total. The number of morpholine rings is 1. The fraction of sp³-hybridized carbons (Fsp3) is 0.200. The molecule has 1 N–H and O–H groups in total.